The van der Waals surface area contributed by atoms with Crippen LogP contribution in [0.5, 0.6) is 0 Å². The highest BCUT2D eigenvalue weighted by Crippen LogP contribution is 2.19. The first kappa shape index (κ1) is 8.97. The van der Waals surface area contributed by atoms with E-state index in [4.69, 9.17) is 10.2 Å². The molecule has 0 atom stereocenters. The van der Waals surface area contributed by atoms with E-state index in [9.17, 15) is 0 Å². The van der Waals surface area contributed by atoms with Crippen LogP contribution in [0.15, 0.2) is 34.9 Å². The molecule has 1 aromatic carbocycles. The van der Waals surface area contributed by atoms with Gasteiger partial charge >= 0.3 is 0 Å². The molecule has 2 rings (SSSR count). The Hall–Kier alpha value is -1.61. The molecule has 0 spiro atoms. The Kier molecular flexibility index (Phi) is 2.33. The van der Waals surface area contributed by atoms with Crippen LogP contribution in [-0.4, -0.2) is 4.98 Å². The van der Waals surface area contributed by atoms with Gasteiger partial charge in [-0.3, -0.25) is 0 Å². The minimum Gasteiger partial charge on any atom is -0.440 e. The molecule has 0 aliphatic rings. The van der Waals surface area contributed by atoms with E-state index < -0.39 is 0 Å². The highest BCUT2D eigenvalue weighted by Gasteiger charge is 2.04. The lowest BCUT2D eigenvalue weighted by molar-refractivity contribution is 0.521. The second kappa shape index (κ2) is 3.64. The quantitative estimate of drug-likeness (QED) is 0.785. The van der Waals surface area contributed by atoms with Crippen LogP contribution in [-0.2, 0) is 6.54 Å². The van der Waals surface area contributed by atoms with Gasteiger partial charge in [0.05, 0.1) is 12.7 Å². The summed E-state index contributed by atoms with van der Waals surface area (Å²) in [5.41, 5.74) is 7.63. The fraction of sp³-hybridized carbons (Fsp3) is 0.182. The van der Waals surface area contributed by atoms with Crippen molar-refractivity contribution in [2.24, 2.45) is 5.73 Å². The van der Waals surface area contributed by atoms with E-state index >= 15 is 0 Å². The Labute approximate surface area is 82.6 Å². The Morgan fingerprint density at radius 1 is 1.29 bits per heavy atom. The van der Waals surface area contributed by atoms with Crippen molar-refractivity contribution < 1.29 is 4.42 Å². The molecular formula is C11H12N2O. The summed E-state index contributed by atoms with van der Waals surface area (Å²) in [6.45, 7) is 2.43. The molecule has 0 saturated heterocycles. The lowest BCUT2D eigenvalue weighted by atomic mass is 10.1. The second-order valence-corrected chi connectivity index (χ2v) is 3.20. The Morgan fingerprint density at radius 2 is 2.00 bits per heavy atom. The maximum atomic E-state index is 5.43. The number of nitrogens with two attached hydrogens (primary N) is 1. The first-order valence-electron chi connectivity index (χ1n) is 4.51. The van der Waals surface area contributed by atoms with Gasteiger partial charge in [0.2, 0.25) is 5.89 Å². The minimum atomic E-state index is 0.388. The van der Waals surface area contributed by atoms with E-state index in [2.05, 4.69) is 4.98 Å². The molecule has 3 heteroatoms. The standard InChI is InChI=1S/C11H12N2O/c1-8-2-4-9(5-3-8)11-13-7-10(6-12)14-11/h2-5,7H,6,12H2,1H3. The lowest BCUT2D eigenvalue weighted by Gasteiger charge is -1.95. The van der Waals surface area contributed by atoms with Gasteiger partial charge in [0.25, 0.3) is 0 Å². The van der Waals surface area contributed by atoms with Gasteiger partial charge in [-0.25, -0.2) is 4.98 Å². The van der Waals surface area contributed by atoms with E-state index in [1.165, 1.54) is 5.56 Å². The summed E-state index contributed by atoms with van der Waals surface area (Å²) in [7, 11) is 0. The molecule has 14 heavy (non-hydrogen) atoms. The largest absolute Gasteiger partial charge is 0.440 e. The van der Waals surface area contributed by atoms with Crippen molar-refractivity contribution in [3.8, 4) is 11.5 Å². The zero-order valence-corrected chi connectivity index (χ0v) is 8.03. The van der Waals surface area contributed by atoms with E-state index in [0.29, 0.717) is 18.2 Å². The number of aryl methyl sites for hydroxylation is 1. The summed E-state index contributed by atoms with van der Waals surface area (Å²) in [5.74, 6) is 1.34. The Bertz CT molecular complexity index is 417. The summed E-state index contributed by atoms with van der Waals surface area (Å²) >= 11 is 0. The number of hydrogen-bond donors (Lipinski definition) is 1. The molecule has 1 aromatic heterocycles. The molecule has 0 saturated carbocycles. The van der Waals surface area contributed by atoms with Crippen LogP contribution in [0.25, 0.3) is 11.5 Å². The van der Waals surface area contributed by atoms with E-state index in [-0.39, 0.29) is 0 Å². The van der Waals surface area contributed by atoms with E-state index in [1.807, 2.05) is 31.2 Å². The van der Waals surface area contributed by atoms with Gasteiger partial charge in [-0.1, -0.05) is 17.7 Å². The predicted molar refractivity (Wildman–Crippen MR) is 54.6 cm³/mol. The monoisotopic (exact) mass is 188 g/mol. The number of nitrogens with zero attached hydrogens (tertiary/aromatic N) is 1. The first-order valence-corrected chi connectivity index (χ1v) is 4.51. The molecule has 2 aromatic rings. The molecule has 1 heterocycles. The predicted octanol–water partition coefficient (Wildman–Crippen LogP) is 2.11. The average Bonchev–Trinajstić information content (AvgIpc) is 2.67. The van der Waals surface area contributed by atoms with Gasteiger partial charge in [0.15, 0.2) is 0 Å². The zero-order valence-electron chi connectivity index (χ0n) is 8.03. The van der Waals surface area contributed by atoms with Crippen molar-refractivity contribution in [3.63, 3.8) is 0 Å². The van der Waals surface area contributed by atoms with Crippen LogP contribution in [0, 0.1) is 6.92 Å². The van der Waals surface area contributed by atoms with Crippen molar-refractivity contribution in [3.05, 3.63) is 41.8 Å². The van der Waals surface area contributed by atoms with Gasteiger partial charge in [-0.05, 0) is 19.1 Å². The summed E-state index contributed by atoms with van der Waals surface area (Å²) < 4.78 is 5.42. The van der Waals surface area contributed by atoms with Crippen LogP contribution in [0.1, 0.15) is 11.3 Å². The molecule has 0 radical (unpaired) electrons. The van der Waals surface area contributed by atoms with Gasteiger partial charge in [0, 0.05) is 5.56 Å². The number of aromatic nitrogens is 1. The van der Waals surface area contributed by atoms with Crippen molar-refractivity contribution in [2.75, 3.05) is 0 Å². The Balaban J connectivity index is 2.34. The third-order valence-electron chi connectivity index (χ3n) is 2.05. The molecule has 3 nitrogen and oxygen atoms in total. The highest BCUT2D eigenvalue weighted by molar-refractivity contribution is 5.53. The summed E-state index contributed by atoms with van der Waals surface area (Å²) in [6, 6.07) is 8.03. The topological polar surface area (TPSA) is 52.0 Å². The van der Waals surface area contributed by atoms with Crippen LogP contribution in [0.2, 0.25) is 0 Å². The van der Waals surface area contributed by atoms with Crippen molar-refractivity contribution in [2.45, 2.75) is 13.5 Å². The average molecular weight is 188 g/mol. The molecule has 0 amide bonds. The van der Waals surface area contributed by atoms with E-state index in [0.717, 1.165) is 5.56 Å². The van der Waals surface area contributed by atoms with Gasteiger partial charge in [-0.2, -0.15) is 0 Å². The molecule has 2 N–H and O–H groups in total. The number of rotatable bonds is 2. The van der Waals surface area contributed by atoms with Crippen LogP contribution >= 0.6 is 0 Å². The first-order chi connectivity index (χ1) is 6.79. The molecule has 0 aliphatic carbocycles. The van der Waals surface area contributed by atoms with Crippen molar-refractivity contribution >= 4 is 0 Å². The van der Waals surface area contributed by atoms with Gasteiger partial charge < -0.3 is 10.2 Å². The summed E-state index contributed by atoms with van der Waals surface area (Å²) in [4.78, 5) is 4.14. The third kappa shape index (κ3) is 1.67. The zero-order chi connectivity index (χ0) is 9.97. The number of benzene rings is 1. The molecule has 0 aliphatic heterocycles. The molecule has 0 unspecified atom stereocenters. The number of hydrogen-bond acceptors (Lipinski definition) is 3. The molecule has 72 valence electrons. The van der Waals surface area contributed by atoms with Crippen LogP contribution in [0.3, 0.4) is 0 Å². The molecular weight excluding hydrogens is 176 g/mol. The SMILES string of the molecule is Cc1ccc(-c2ncc(CN)o2)cc1. The molecule has 0 fully saturated rings. The fourth-order valence-corrected chi connectivity index (χ4v) is 1.23. The van der Waals surface area contributed by atoms with Gasteiger partial charge in [-0.15, -0.1) is 0 Å². The fourth-order valence-electron chi connectivity index (χ4n) is 1.23. The van der Waals surface area contributed by atoms with Gasteiger partial charge in [0.1, 0.15) is 5.76 Å². The maximum Gasteiger partial charge on any atom is 0.226 e. The summed E-state index contributed by atoms with van der Waals surface area (Å²) in [6.07, 6.45) is 1.66. The third-order valence-corrected chi connectivity index (χ3v) is 2.05. The smallest absolute Gasteiger partial charge is 0.226 e. The highest BCUT2D eigenvalue weighted by atomic mass is 16.4. The van der Waals surface area contributed by atoms with Crippen LogP contribution in [0.4, 0.5) is 0 Å². The minimum absolute atomic E-state index is 0.388. The Morgan fingerprint density at radius 3 is 2.57 bits per heavy atom. The van der Waals surface area contributed by atoms with E-state index in [1.54, 1.807) is 6.20 Å². The van der Waals surface area contributed by atoms with Crippen molar-refractivity contribution in [1.29, 1.82) is 0 Å². The maximum absolute atomic E-state index is 5.43. The number of oxazole rings is 1. The van der Waals surface area contributed by atoms with Crippen molar-refractivity contribution in [1.82, 2.24) is 4.98 Å². The second-order valence-electron chi connectivity index (χ2n) is 3.20. The molecule has 0 bridgehead atoms. The van der Waals surface area contributed by atoms with Crippen LogP contribution < -0.4 is 5.73 Å². The summed E-state index contributed by atoms with van der Waals surface area (Å²) in [5, 5.41) is 0. The normalized spacial score (nSPS) is 10.4. The lowest BCUT2D eigenvalue weighted by Crippen LogP contribution is -1.92.